The highest BCUT2D eigenvalue weighted by Gasteiger charge is 2.29. The third kappa shape index (κ3) is 3.56. The van der Waals surface area contributed by atoms with E-state index < -0.39 is 0 Å². The smallest absolute Gasteiger partial charge is 0.224 e. The first-order valence-corrected chi connectivity index (χ1v) is 7.70. The molecule has 2 heterocycles. The standard InChI is InChI=1S/C17H23NO3/c1-17(2)11-14(6-8-21-17)18-16(19)10-12-3-4-13-5-7-20-15(13)9-12/h3-4,9,14H,5-8,10-11H2,1-2H3,(H,18,19)/t14-/m0/s1. The first-order valence-electron chi connectivity index (χ1n) is 7.70. The molecule has 1 atom stereocenters. The largest absolute Gasteiger partial charge is 0.493 e. The summed E-state index contributed by atoms with van der Waals surface area (Å²) < 4.78 is 11.2. The zero-order valence-corrected chi connectivity index (χ0v) is 12.8. The maximum atomic E-state index is 12.2. The van der Waals surface area contributed by atoms with Gasteiger partial charge in [0.2, 0.25) is 5.91 Å². The Kier molecular flexibility index (Phi) is 3.89. The minimum atomic E-state index is -0.141. The van der Waals surface area contributed by atoms with Gasteiger partial charge < -0.3 is 14.8 Å². The topological polar surface area (TPSA) is 47.6 Å². The molecule has 2 aliphatic heterocycles. The highest BCUT2D eigenvalue weighted by molar-refractivity contribution is 5.79. The summed E-state index contributed by atoms with van der Waals surface area (Å²) in [4.78, 5) is 12.2. The first-order chi connectivity index (χ1) is 10.0. The van der Waals surface area contributed by atoms with Crippen molar-refractivity contribution in [1.82, 2.24) is 5.32 Å². The van der Waals surface area contributed by atoms with Crippen LogP contribution in [-0.4, -0.2) is 30.8 Å². The summed E-state index contributed by atoms with van der Waals surface area (Å²) in [6, 6.07) is 6.31. The molecule has 4 heteroatoms. The average Bonchev–Trinajstić information content (AvgIpc) is 2.84. The van der Waals surface area contributed by atoms with Crippen LogP contribution in [0.4, 0.5) is 0 Å². The number of amides is 1. The maximum absolute atomic E-state index is 12.2. The molecule has 0 aromatic heterocycles. The first kappa shape index (κ1) is 14.4. The Labute approximate surface area is 125 Å². The third-order valence-corrected chi connectivity index (χ3v) is 4.19. The quantitative estimate of drug-likeness (QED) is 0.928. The summed E-state index contributed by atoms with van der Waals surface area (Å²) in [5.74, 6) is 1.02. The molecule has 1 aromatic carbocycles. The van der Waals surface area contributed by atoms with Crippen molar-refractivity contribution in [2.45, 2.75) is 51.2 Å². The Morgan fingerprint density at radius 1 is 1.38 bits per heavy atom. The number of nitrogens with one attached hydrogen (secondary N) is 1. The second-order valence-electron chi connectivity index (χ2n) is 6.58. The molecule has 0 bridgehead atoms. The van der Waals surface area contributed by atoms with Crippen molar-refractivity contribution in [2.75, 3.05) is 13.2 Å². The number of benzene rings is 1. The van der Waals surface area contributed by atoms with Gasteiger partial charge in [0.25, 0.3) is 0 Å². The lowest BCUT2D eigenvalue weighted by molar-refractivity contribution is -0.123. The molecule has 0 saturated carbocycles. The molecule has 1 N–H and O–H groups in total. The van der Waals surface area contributed by atoms with Crippen LogP contribution in [0.1, 0.15) is 37.8 Å². The fraction of sp³-hybridized carbons (Fsp3) is 0.588. The van der Waals surface area contributed by atoms with Gasteiger partial charge in [0.05, 0.1) is 18.6 Å². The summed E-state index contributed by atoms with van der Waals surface area (Å²) in [5.41, 5.74) is 2.11. The van der Waals surface area contributed by atoms with E-state index in [9.17, 15) is 4.79 Å². The van der Waals surface area contributed by atoms with Crippen molar-refractivity contribution in [3.8, 4) is 5.75 Å². The van der Waals surface area contributed by atoms with Crippen LogP contribution in [0.5, 0.6) is 5.75 Å². The number of carbonyl (C=O) groups is 1. The van der Waals surface area contributed by atoms with Crippen molar-refractivity contribution in [3.63, 3.8) is 0 Å². The van der Waals surface area contributed by atoms with E-state index in [-0.39, 0.29) is 17.6 Å². The Bertz CT molecular complexity index is 539. The highest BCUT2D eigenvalue weighted by Crippen LogP contribution is 2.27. The Morgan fingerprint density at radius 3 is 3.05 bits per heavy atom. The highest BCUT2D eigenvalue weighted by atomic mass is 16.5. The van der Waals surface area contributed by atoms with Crippen molar-refractivity contribution in [1.29, 1.82) is 0 Å². The van der Waals surface area contributed by atoms with Crippen LogP contribution in [0, 0.1) is 0 Å². The molecule has 1 aromatic rings. The normalized spacial score (nSPS) is 23.2. The van der Waals surface area contributed by atoms with Gasteiger partial charge in [0.1, 0.15) is 5.75 Å². The van der Waals surface area contributed by atoms with Gasteiger partial charge in [-0.2, -0.15) is 0 Å². The van der Waals surface area contributed by atoms with Crippen LogP contribution in [0.25, 0.3) is 0 Å². The van der Waals surface area contributed by atoms with Crippen molar-refractivity contribution >= 4 is 5.91 Å². The van der Waals surface area contributed by atoms with E-state index in [1.54, 1.807) is 0 Å². The SMILES string of the molecule is CC1(C)C[C@@H](NC(=O)Cc2ccc3c(c2)OCC3)CCO1. The molecule has 2 aliphatic rings. The third-order valence-electron chi connectivity index (χ3n) is 4.19. The lowest BCUT2D eigenvalue weighted by Crippen LogP contribution is -2.46. The number of hydrogen-bond acceptors (Lipinski definition) is 3. The molecule has 1 saturated heterocycles. The molecule has 0 radical (unpaired) electrons. The Morgan fingerprint density at radius 2 is 2.24 bits per heavy atom. The lowest BCUT2D eigenvalue weighted by Gasteiger charge is -2.35. The van der Waals surface area contributed by atoms with Crippen LogP contribution in [-0.2, 0) is 22.4 Å². The molecular weight excluding hydrogens is 266 g/mol. The zero-order chi connectivity index (χ0) is 14.9. The molecule has 1 fully saturated rings. The van der Waals surface area contributed by atoms with Gasteiger partial charge in [0.15, 0.2) is 0 Å². The second kappa shape index (κ2) is 5.68. The fourth-order valence-corrected chi connectivity index (χ4v) is 3.14. The van der Waals surface area contributed by atoms with E-state index in [1.165, 1.54) is 5.56 Å². The van der Waals surface area contributed by atoms with Crippen LogP contribution in [0.15, 0.2) is 18.2 Å². The van der Waals surface area contributed by atoms with Gasteiger partial charge in [0, 0.05) is 19.1 Å². The molecule has 114 valence electrons. The van der Waals surface area contributed by atoms with Crippen molar-refractivity contribution in [2.24, 2.45) is 0 Å². The van der Waals surface area contributed by atoms with Gasteiger partial charge in [-0.15, -0.1) is 0 Å². The van der Waals surface area contributed by atoms with Gasteiger partial charge in [-0.3, -0.25) is 4.79 Å². The molecule has 0 unspecified atom stereocenters. The van der Waals surface area contributed by atoms with Gasteiger partial charge >= 0.3 is 0 Å². The number of ether oxygens (including phenoxy) is 2. The van der Waals surface area contributed by atoms with Crippen LogP contribution in [0.3, 0.4) is 0 Å². The minimum Gasteiger partial charge on any atom is -0.493 e. The molecule has 21 heavy (non-hydrogen) atoms. The number of carbonyl (C=O) groups excluding carboxylic acids is 1. The van der Waals surface area contributed by atoms with Gasteiger partial charge in [-0.05, 0) is 43.9 Å². The molecule has 0 spiro atoms. The van der Waals surface area contributed by atoms with E-state index >= 15 is 0 Å². The van der Waals surface area contributed by atoms with Crippen LogP contribution >= 0.6 is 0 Å². The Balaban J connectivity index is 1.57. The van der Waals surface area contributed by atoms with Crippen LogP contribution < -0.4 is 10.1 Å². The summed E-state index contributed by atoms with van der Waals surface area (Å²) in [5, 5.41) is 3.13. The fourth-order valence-electron chi connectivity index (χ4n) is 3.14. The molecule has 0 aliphatic carbocycles. The average molecular weight is 289 g/mol. The van der Waals surface area contributed by atoms with E-state index in [1.807, 2.05) is 12.1 Å². The van der Waals surface area contributed by atoms with E-state index in [0.29, 0.717) is 13.0 Å². The molecule has 4 nitrogen and oxygen atoms in total. The zero-order valence-electron chi connectivity index (χ0n) is 12.8. The van der Waals surface area contributed by atoms with E-state index in [2.05, 4.69) is 25.2 Å². The van der Waals surface area contributed by atoms with Crippen molar-refractivity contribution in [3.05, 3.63) is 29.3 Å². The second-order valence-corrected chi connectivity index (χ2v) is 6.58. The predicted molar refractivity (Wildman–Crippen MR) is 80.5 cm³/mol. The minimum absolute atomic E-state index is 0.0793. The number of fused-ring (bicyclic) bond motifs is 1. The predicted octanol–water partition coefficient (Wildman–Crippen LogP) is 2.24. The van der Waals surface area contributed by atoms with Gasteiger partial charge in [-0.25, -0.2) is 0 Å². The summed E-state index contributed by atoms with van der Waals surface area (Å²) in [6.07, 6.45) is 3.14. The molecule has 1 amide bonds. The van der Waals surface area contributed by atoms with Gasteiger partial charge in [-0.1, -0.05) is 12.1 Å². The monoisotopic (exact) mass is 289 g/mol. The van der Waals surface area contributed by atoms with Crippen molar-refractivity contribution < 1.29 is 14.3 Å². The summed E-state index contributed by atoms with van der Waals surface area (Å²) >= 11 is 0. The molecule has 3 rings (SSSR count). The summed E-state index contributed by atoms with van der Waals surface area (Å²) in [7, 11) is 0. The maximum Gasteiger partial charge on any atom is 0.224 e. The summed E-state index contributed by atoms with van der Waals surface area (Å²) in [6.45, 7) is 5.61. The Hall–Kier alpha value is -1.55. The molecular formula is C17H23NO3. The van der Waals surface area contributed by atoms with Crippen LogP contribution in [0.2, 0.25) is 0 Å². The number of hydrogen-bond donors (Lipinski definition) is 1. The van der Waals surface area contributed by atoms with E-state index in [4.69, 9.17) is 9.47 Å². The number of rotatable bonds is 3. The van der Waals surface area contributed by atoms with E-state index in [0.717, 1.165) is 37.2 Å². The lowest BCUT2D eigenvalue weighted by atomic mass is 9.94.